The Labute approximate surface area is 86.7 Å². The lowest BCUT2D eigenvalue weighted by molar-refractivity contribution is -0.117. The van der Waals surface area contributed by atoms with Gasteiger partial charge in [0.15, 0.2) is 5.13 Å². The predicted molar refractivity (Wildman–Crippen MR) is 56.5 cm³/mol. The molecule has 1 amide bonds. The largest absolute Gasteiger partial charge is 0.306 e. The molecule has 1 aliphatic heterocycles. The van der Waals surface area contributed by atoms with Crippen LogP contribution in [0.3, 0.4) is 0 Å². The highest BCUT2D eigenvalue weighted by molar-refractivity contribution is 7.15. The van der Waals surface area contributed by atoms with Gasteiger partial charge in [-0.25, -0.2) is 4.98 Å². The molecule has 1 atom stereocenters. The molecule has 14 heavy (non-hydrogen) atoms. The molecule has 0 unspecified atom stereocenters. The molecule has 1 aromatic rings. The quantitative estimate of drug-likeness (QED) is 0.771. The Morgan fingerprint density at radius 2 is 2.64 bits per heavy atom. The van der Waals surface area contributed by atoms with Gasteiger partial charge in [0.25, 0.3) is 0 Å². The zero-order chi connectivity index (χ0) is 9.97. The first-order valence-corrected chi connectivity index (χ1v) is 5.54. The molecule has 5 heteroatoms. The molecule has 0 spiro atoms. The van der Waals surface area contributed by atoms with Crippen molar-refractivity contribution in [2.45, 2.75) is 25.8 Å². The summed E-state index contributed by atoms with van der Waals surface area (Å²) in [5.74, 6) is 0.0388. The maximum absolute atomic E-state index is 11.6. The second kappa shape index (κ2) is 4.06. The van der Waals surface area contributed by atoms with E-state index < -0.39 is 0 Å². The summed E-state index contributed by atoms with van der Waals surface area (Å²) in [5, 5.41) is 6.65. The molecule has 2 heterocycles. The first-order chi connectivity index (χ1) is 6.75. The Hall–Kier alpha value is -0.940. The number of carbonyl (C=O) groups is 1. The van der Waals surface area contributed by atoms with E-state index in [4.69, 9.17) is 0 Å². The Balaban J connectivity index is 1.93. The minimum absolute atomic E-state index is 0.0285. The van der Waals surface area contributed by atoms with Crippen molar-refractivity contribution in [2.24, 2.45) is 0 Å². The monoisotopic (exact) mass is 211 g/mol. The highest BCUT2D eigenvalue weighted by Gasteiger charge is 2.22. The van der Waals surface area contributed by atoms with Crippen LogP contribution < -0.4 is 10.6 Å². The van der Waals surface area contributed by atoms with Crippen LogP contribution in [0.2, 0.25) is 0 Å². The van der Waals surface area contributed by atoms with Crippen LogP contribution in [0.15, 0.2) is 6.20 Å². The number of nitrogens with zero attached hydrogens (tertiary/aromatic N) is 1. The minimum atomic E-state index is -0.0285. The third-order valence-corrected chi connectivity index (χ3v) is 3.06. The number of hydrogen-bond donors (Lipinski definition) is 2. The third kappa shape index (κ3) is 2.10. The third-order valence-electron chi connectivity index (χ3n) is 2.23. The molecule has 1 saturated heterocycles. The van der Waals surface area contributed by atoms with Gasteiger partial charge in [-0.15, -0.1) is 11.3 Å². The van der Waals surface area contributed by atoms with Crippen LogP contribution in [-0.4, -0.2) is 23.5 Å². The van der Waals surface area contributed by atoms with Gasteiger partial charge < -0.3 is 10.6 Å². The van der Waals surface area contributed by atoms with Gasteiger partial charge in [-0.3, -0.25) is 4.79 Å². The summed E-state index contributed by atoms with van der Waals surface area (Å²) in [7, 11) is 0. The van der Waals surface area contributed by atoms with Gasteiger partial charge in [0.05, 0.1) is 6.04 Å². The number of nitrogens with one attached hydrogen (secondary N) is 2. The number of aromatic nitrogens is 1. The van der Waals surface area contributed by atoms with Crippen LogP contribution in [0.4, 0.5) is 5.13 Å². The van der Waals surface area contributed by atoms with Crippen LogP contribution >= 0.6 is 11.3 Å². The summed E-state index contributed by atoms with van der Waals surface area (Å²) >= 11 is 1.50. The minimum Gasteiger partial charge on any atom is -0.306 e. The fraction of sp³-hybridized carbons (Fsp3) is 0.556. The highest BCUT2D eigenvalue weighted by atomic mass is 32.1. The van der Waals surface area contributed by atoms with E-state index in [9.17, 15) is 4.79 Å². The van der Waals surface area contributed by atoms with E-state index in [0.717, 1.165) is 24.3 Å². The van der Waals surface area contributed by atoms with E-state index in [1.54, 1.807) is 6.20 Å². The summed E-state index contributed by atoms with van der Waals surface area (Å²) < 4.78 is 0. The zero-order valence-corrected chi connectivity index (χ0v) is 8.86. The number of thiazole rings is 1. The lowest BCUT2D eigenvalue weighted by Crippen LogP contribution is -2.35. The van der Waals surface area contributed by atoms with Crippen LogP contribution in [0.25, 0.3) is 0 Å². The Morgan fingerprint density at radius 1 is 1.79 bits per heavy atom. The molecule has 1 fully saturated rings. The van der Waals surface area contributed by atoms with Gasteiger partial charge in [-0.2, -0.15) is 0 Å². The first-order valence-electron chi connectivity index (χ1n) is 4.72. The highest BCUT2D eigenvalue weighted by Crippen LogP contribution is 2.17. The van der Waals surface area contributed by atoms with Crippen molar-refractivity contribution >= 4 is 22.4 Å². The molecule has 0 aliphatic carbocycles. The van der Waals surface area contributed by atoms with Gasteiger partial charge in [-0.1, -0.05) is 0 Å². The van der Waals surface area contributed by atoms with Crippen molar-refractivity contribution < 1.29 is 4.79 Å². The molecule has 0 aromatic carbocycles. The van der Waals surface area contributed by atoms with E-state index in [0.29, 0.717) is 5.13 Å². The van der Waals surface area contributed by atoms with Crippen molar-refractivity contribution in [3.63, 3.8) is 0 Å². The average Bonchev–Trinajstić information content (AvgIpc) is 2.75. The Kier molecular flexibility index (Phi) is 2.79. The van der Waals surface area contributed by atoms with E-state index >= 15 is 0 Å². The molecular weight excluding hydrogens is 198 g/mol. The number of aryl methyl sites for hydroxylation is 1. The second-order valence-corrected chi connectivity index (χ2v) is 4.65. The Morgan fingerprint density at radius 3 is 3.21 bits per heavy atom. The zero-order valence-electron chi connectivity index (χ0n) is 8.04. The van der Waals surface area contributed by atoms with Gasteiger partial charge in [0, 0.05) is 11.1 Å². The van der Waals surface area contributed by atoms with Gasteiger partial charge >= 0.3 is 0 Å². The second-order valence-electron chi connectivity index (χ2n) is 3.41. The first kappa shape index (κ1) is 9.61. The van der Waals surface area contributed by atoms with Gasteiger partial charge in [-0.05, 0) is 26.3 Å². The topological polar surface area (TPSA) is 54.0 Å². The van der Waals surface area contributed by atoms with Crippen molar-refractivity contribution in [1.29, 1.82) is 0 Å². The van der Waals surface area contributed by atoms with E-state index in [-0.39, 0.29) is 11.9 Å². The van der Waals surface area contributed by atoms with E-state index in [2.05, 4.69) is 15.6 Å². The smallest absolute Gasteiger partial charge is 0.243 e. The average molecular weight is 211 g/mol. The standard InChI is InChI=1S/C9H13N3OS/c1-6-5-11-9(14-6)12-8(13)7-3-2-4-10-7/h5,7,10H,2-4H2,1H3,(H,11,12,13)/t7-/m0/s1. The molecule has 4 nitrogen and oxygen atoms in total. The van der Waals surface area contributed by atoms with Crippen LogP contribution in [-0.2, 0) is 4.79 Å². The molecule has 2 rings (SSSR count). The summed E-state index contributed by atoms with van der Waals surface area (Å²) in [4.78, 5) is 16.8. The number of rotatable bonds is 2. The van der Waals surface area contributed by atoms with Crippen molar-refractivity contribution in [3.8, 4) is 0 Å². The molecular formula is C9H13N3OS. The van der Waals surface area contributed by atoms with Crippen LogP contribution in [0.5, 0.6) is 0 Å². The molecule has 0 bridgehead atoms. The number of hydrogen-bond acceptors (Lipinski definition) is 4. The fourth-order valence-electron chi connectivity index (χ4n) is 1.51. The van der Waals surface area contributed by atoms with E-state index in [1.165, 1.54) is 11.3 Å². The lowest BCUT2D eigenvalue weighted by Gasteiger charge is -2.08. The van der Waals surface area contributed by atoms with Crippen LogP contribution in [0, 0.1) is 6.92 Å². The summed E-state index contributed by atoms with van der Waals surface area (Å²) in [6.07, 6.45) is 3.77. The number of anilines is 1. The maximum Gasteiger partial charge on any atom is 0.243 e. The predicted octanol–water partition coefficient (Wildman–Crippen LogP) is 1.14. The van der Waals surface area contributed by atoms with Crippen molar-refractivity contribution in [2.75, 3.05) is 11.9 Å². The fourth-order valence-corrected chi connectivity index (χ4v) is 2.18. The molecule has 1 aromatic heterocycles. The van der Waals surface area contributed by atoms with Gasteiger partial charge in [0.1, 0.15) is 0 Å². The number of carbonyl (C=O) groups excluding carboxylic acids is 1. The molecule has 1 aliphatic rings. The van der Waals surface area contributed by atoms with Crippen LogP contribution in [0.1, 0.15) is 17.7 Å². The summed E-state index contributed by atoms with van der Waals surface area (Å²) in [6, 6.07) is -0.0285. The SMILES string of the molecule is Cc1cnc(NC(=O)[C@@H]2CCCN2)s1. The lowest BCUT2D eigenvalue weighted by atomic mass is 10.2. The number of amides is 1. The van der Waals surface area contributed by atoms with E-state index in [1.807, 2.05) is 6.92 Å². The van der Waals surface area contributed by atoms with Crippen molar-refractivity contribution in [3.05, 3.63) is 11.1 Å². The summed E-state index contributed by atoms with van der Waals surface area (Å²) in [6.45, 7) is 2.91. The molecule has 0 saturated carbocycles. The molecule has 2 N–H and O–H groups in total. The summed E-state index contributed by atoms with van der Waals surface area (Å²) in [5.41, 5.74) is 0. The Bertz CT molecular complexity index is 331. The normalized spacial score (nSPS) is 21.1. The maximum atomic E-state index is 11.6. The van der Waals surface area contributed by atoms with Gasteiger partial charge in [0.2, 0.25) is 5.91 Å². The van der Waals surface area contributed by atoms with Crippen molar-refractivity contribution in [1.82, 2.24) is 10.3 Å². The molecule has 0 radical (unpaired) electrons. The molecule has 76 valence electrons.